The first-order chi connectivity index (χ1) is 12.7. The maximum atomic E-state index is 12.0. The highest BCUT2D eigenvalue weighted by atomic mass is 16.5. The standard InChI is InChI=1S/C18H20N4O4/c23-16(14-6-7-20-26-14)19-10-11-3-1-4-12(9-11)15-13-5-2-8-25-17(13)22-18(24)21-15/h1,3-4,6-7,9,13,15,17H,2,5,8,10H2,(H,19,23)(H2,21,22,24)/t13-,15-,17-/m0/s1. The predicted molar refractivity (Wildman–Crippen MR) is 91.0 cm³/mol. The van der Waals surface area contributed by atoms with Crippen molar-refractivity contribution in [1.82, 2.24) is 21.1 Å². The number of carbonyl (C=O) groups is 2. The van der Waals surface area contributed by atoms with Crippen molar-refractivity contribution in [2.45, 2.75) is 31.7 Å². The number of amides is 3. The van der Waals surface area contributed by atoms with Crippen LogP contribution in [0.5, 0.6) is 0 Å². The first-order valence-corrected chi connectivity index (χ1v) is 8.67. The third-order valence-corrected chi connectivity index (χ3v) is 4.78. The minimum atomic E-state index is -0.316. The molecule has 3 atom stereocenters. The van der Waals surface area contributed by atoms with Gasteiger partial charge in [0.15, 0.2) is 0 Å². The van der Waals surface area contributed by atoms with E-state index in [1.54, 1.807) is 0 Å². The third-order valence-electron chi connectivity index (χ3n) is 4.78. The minimum Gasteiger partial charge on any atom is -0.358 e. The Labute approximate surface area is 150 Å². The Hall–Kier alpha value is -2.87. The number of aromatic nitrogens is 1. The van der Waals surface area contributed by atoms with Crippen LogP contribution in [0.4, 0.5) is 4.79 Å². The molecule has 2 aliphatic rings. The van der Waals surface area contributed by atoms with Crippen LogP contribution in [0, 0.1) is 5.92 Å². The molecule has 4 rings (SSSR count). The number of benzene rings is 1. The molecule has 0 saturated carbocycles. The van der Waals surface area contributed by atoms with Crippen LogP contribution in [0.15, 0.2) is 41.1 Å². The lowest BCUT2D eigenvalue weighted by atomic mass is 9.85. The van der Waals surface area contributed by atoms with Crippen molar-refractivity contribution in [2.75, 3.05) is 6.61 Å². The number of nitrogens with one attached hydrogen (secondary N) is 3. The molecule has 2 aliphatic heterocycles. The van der Waals surface area contributed by atoms with E-state index in [-0.39, 0.29) is 35.9 Å². The lowest BCUT2D eigenvalue weighted by Gasteiger charge is -2.42. The van der Waals surface area contributed by atoms with Crippen molar-refractivity contribution >= 4 is 11.9 Å². The average molecular weight is 356 g/mol. The molecule has 1 aromatic heterocycles. The molecule has 8 heteroatoms. The molecule has 26 heavy (non-hydrogen) atoms. The smallest absolute Gasteiger partial charge is 0.317 e. The highest BCUT2D eigenvalue weighted by molar-refractivity contribution is 5.91. The molecule has 3 heterocycles. The molecular weight excluding hydrogens is 336 g/mol. The van der Waals surface area contributed by atoms with Crippen molar-refractivity contribution in [3.8, 4) is 0 Å². The second-order valence-corrected chi connectivity index (χ2v) is 6.50. The van der Waals surface area contributed by atoms with E-state index in [0.717, 1.165) is 24.0 Å². The second-order valence-electron chi connectivity index (χ2n) is 6.50. The van der Waals surface area contributed by atoms with Crippen LogP contribution in [-0.2, 0) is 11.3 Å². The van der Waals surface area contributed by atoms with Crippen molar-refractivity contribution in [2.24, 2.45) is 5.92 Å². The Kier molecular flexibility index (Phi) is 4.57. The maximum Gasteiger partial charge on any atom is 0.317 e. The molecular formula is C18H20N4O4. The fourth-order valence-corrected chi connectivity index (χ4v) is 3.54. The van der Waals surface area contributed by atoms with Crippen molar-refractivity contribution in [3.63, 3.8) is 0 Å². The minimum absolute atomic E-state index is 0.112. The zero-order valence-electron chi connectivity index (χ0n) is 14.1. The number of hydrogen-bond donors (Lipinski definition) is 3. The molecule has 0 radical (unpaired) electrons. The van der Waals surface area contributed by atoms with Crippen molar-refractivity contribution in [1.29, 1.82) is 0 Å². The summed E-state index contributed by atoms with van der Waals surface area (Å²) >= 11 is 0. The van der Waals surface area contributed by atoms with Gasteiger partial charge in [-0.15, -0.1) is 0 Å². The zero-order chi connectivity index (χ0) is 17.9. The summed E-state index contributed by atoms with van der Waals surface area (Å²) in [4.78, 5) is 23.9. The van der Waals surface area contributed by atoms with Crippen LogP contribution in [0.3, 0.4) is 0 Å². The van der Waals surface area contributed by atoms with Gasteiger partial charge in [-0.2, -0.15) is 0 Å². The summed E-state index contributed by atoms with van der Waals surface area (Å²) in [5.41, 5.74) is 1.95. The lowest BCUT2D eigenvalue weighted by Crippen LogP contribution is -2.58. The van der Waals surface area contributed by atoms with Gasteiger partial charge in [0.1, 0.15) is 6.23 Å². The van der Waals surface area contributed by atoms with E-state index in [4.69, 9.17) is 9.26 Å². The highest BCUT2D eigenvalue weighted by Crippen LogP contribution is 2.34. The van der Waals surface area contributed by atoms with E-state index < -0.39 is 0 Å². The number of ether oxygens (including phenoxy) is 1. The molecule has 2 saturated heterocycles. The summed E-state index contributed by atoms with van der Waals surface area (Å²) in [6.45, 7) is 1.03. The summed E-state index contributed by atoms with van der Waals surface area (Å²) < 4.78 is 10.6. The number of fused-ring (bicyclic) bond motifs is 1. The fourth-order valence-electron chi connectivity index (χ4n) is 3.54. The van der Waals surface area contributed by atoms with Gasteiger partial charge in [0.05, 0.1) is 12.2 Å². The summed E-state index contributed by atoms with van der Waals surface area (Å²) in [7, 11) is 0. The van der Waals surface area contributed by atoms with E-state index >= 15 is 0 Å². The topological polar surface area (TPSA) is 105 Å². The molecule has 3 amide bonds. The van der Waals surface area contributed by atoms with Crippen LogP contribution in [-0.4, -0.2) is 29.9 Å². The Balaban J connectivity index is 1.48. The quantitative estimate of drug-likeness (QED) is 0.773. The fraction of sp³-hybridized carbons (Fsp3) is 0.389. The van der Waals surface area contributed by atoms with Gasteiger partial charge in [0.2, 0.25) is 5.76 Å². The number of carbonyl (C=O) groups excluding carboxylic acids is 2. The van der Waals surface area contributed by atoms with Gasteiger partial charge in [-0.1, -0.05) is 29.4 Å². The average Bonchev–Trinajstić information content (AvgIpc) is 3.20. The molecule has 136 valence electrons. The molecule has 0 bridgehead atoms. The van der Waals surface area contributed by atoms with Crippen LogP contribution < -0.4 is 16.0 Å². The monoisotopic (exact) mass is 356 g/mol. The van der Waals surface area contributed by atoms with E-state index in [1.807, 2.05) is 24.3 Å². The van der Waals surface area contributed by atoms with Gasteiger partial charge in [-0.25, -0.2) is 4.79 Å². The van der Waals surface area contributed by atoms with Crippen LogP contribution in [0.1, 0.15) is 40.6 Å². The van der Waals surface area contributed by atoms with Crippen molar-refractivity contribution < 1.29 is 18.8 Å². The Morgan fingerprint density at radius 2 is 2.23 bits per heavy atom. The molecule has 2 fully saturated rings. The number of rotatable bonds is 4. The van der Waals surface area contributed by atoms with Gasteiger partial charge in [-0.3, -0.25) is 4.79 Å². The van der Waals surface area contributed by atoms with Crippen LogP contribution in [0.2, 0.25) is 0 Å². The maximum absolute atomic E-state index is 12.0. The number of urea groups is 1. The molecule has 0 unspecified atom stereocenters. The Bertz CT molecular complexity index is 792. The Morgan fingerprint density at radius 3 is 3.08 bits per heavy atom. The Morgan fingerprint density at radius 1 is 1.31 bits per heavy atom. The first kappa shape index (κ1) is 16.6. The van der Waals surface area contributed by atoms with Gasteiger partial charge >= 0.3 is 6.03 Å². The molecule has 3 N–H and O–H groups in total. The normalized spacial score (nSPS) is 24.9. The van der Waals surface area contributed by atoms with E-state index in [2.05, 4.69) is 21.1 Å². The van der Waals surface area contributed by atoms with E-state index in [9.17, 15) is 9.59 Å². The largest absolute Gasteiger partial charge is 0.358 e. The second kappa shape index (κ2) is 7.17. The molecule has 8 nitrogen and oxygen atoms in total. The van der Waals surface area contributed by atoms with Gasteiger partial charge in [0.25, 0.3) is 5.91 Å². The number of hydrogen-bond acceptors (Lipinski definition) is 5. The van der Waals surface area contributed by atoms with Gasteiger partial charge < -0.3 is 25.2 Å². The van der Waals surface area contributed by atoms with Crippen LogP contribution in [0.25, 0.3) is 0 Å². The number of nitrogens with zero attached hydrogens (tertiary/aromatic N) is 1. The predicted octanol–water partition coefficient (Wildman–Crippen LogP) is 1.71. The van der Waals surface area contributed by atoms with E-state index in [1.165, 1.54) is 12.3 Å². The first-order valence-electron chi connectivity index (χ1n) is 8.67. The molecule has 1 aromatic carbocycles. The summed E-state index contributed by atoms with van der Waals surface area (Å²) in [6.07, 6.45) is 3.13. The van der Waals surface area contributed by atoms with E-state index in [0.29, 0.717) is 13.2 Å². The van der Waals surface area contributed by atoms with Crippen LogP contribution >= 0.6 is 0 Å². The molecule has 0 aliphatic carbocycles. The van der Waals surface area contributed by atoms with Crippen molar-refractivity contribution in [3.05, 3.63) is 53.4 Å². The molecule has 0 spiro atoms. The van der Waals surface area contributed by atoms with Gasteiger partial charge in [0, 0.05) is 25.1 Å². The van der Waals surface area contributed by atoms with Gasteiger partial charge in [-0.05, 0) is 24.0 Å². The summed E-state index contributed by atoms with van der Waals surface area (Å²) in [5, 5.41) is 12.2. The lowest BCUT2D eigenvalue weighted by molar-refractivity contribution is -0.0602. The highest BCUT2D eigenvalue weighted by Gasteiger charge is 2.39. The SMILES string of the molecule is O=C1N[C@H]2OCCC[C@H]2[C@H](c2cccc(CNC(=O)c3ccno3)c2)N1. The zero-order valence-corrected chi connectivity index (χ0v) is 14.1. The summed E-state index contributed by atoms with van der Waals surface area (Å²) in [5.74, 6) is 0.0401. The molecule has 2 aromatic rings. The summed E-state index contributed by atoms with van der Waals surface area (Å²) in [6, 6.07) is 9.03. The third kappa shape index (κ3) is 3.41.